The van der Waals surface area contributed by atoms with E-state index in [0.717, 1.165) is 23.7 Å². The Balaban J connectivity index is 2.47. The fourth-order valence-electron chi connectivity index (χ4n) is 1.80. The van der Waals surface area contributed by atoms with E-state index in [1.54, 1.807) is 19.2 Å². The molecule has 18 heavy (non-hydrogen) atoms. The smallest absolute Gasteiger partial charge is 0.120 e. The van der Waals surface area contributed by atoms with E-state index in [2.05, 4.69) is 26.1 Å². The minimum atomic E-state index is 0.319. The highest BCUT2D eigenvalue weighted by atomic mass is 16.5. The van der Waals surface area contributed by atoms with Crippen LogP contribution >= 0.6 is 0 Å². The highest BCUT2D eigenvalue weighted by molar-refractivity contribution is 5.39. The van der Waals surface area contributed by atoms with Gasteiger partial charge in [-0.25, -0.2) is 0 Å². The molecule has 0 aromatic heterocycles. The Labute approximate surface area is 110 Å². The van der Waals surface area contributed by atoms with Crippen molar-refractivity contribution >= 4 is 0 Å². The molecule has 0 saturated carbocycles. The third kappa shape index (κ3) is 4.96. The molecule has 0 bridgehead atoms. The summed E-state index contributed by atoms with van der Waals surface area (Å²) < 4.78 is 5.16. The monoisotopic (exact) mass is 251 g/mol. The lowest BCUT2D eigenvalue weighted by Gasteiger charge is -2.16. The lowest BCUT2D eigenvalue weighted by atomic mass is 10.0. The van der Waals surface area contributed by atoms with Crippen LogP contribution < -0.4 is 10.1 Å². The molecule has 0 aliphatic heterocycles. The summed E-state index contributed by atoms with van der Waals surface area (Å²) in [5.41, 5.74) is 0.880. The first-order valence-electron chi connectivity index (χ1n) is 6.62. The summed E-state index contributed by atoms with van der Waals surface area (Å²) in [7, 11) is 1.63. The fraction of sp³-hybridized carbons (Fsp3) is 0.600. The predicted molar refractivity (Wildman–Crippen MR) is 75.0 cm³/mol. The zero-order valence-corrected chi connectivity index (χ0v) is 11.9. The summed E-state index contributed by atoms with van der Waals surface area (Å²) in [6.45, 7) is 7.32. The van der Waals surface area contributed by atoms with Crippen LogP contribution in [-0.4, -0.2) is 18.3 Å². The van der Waals surface area contributed by atoms with Gasteiger partial charge in [-0.2, -0.15) is 0 Å². The van der Waals surface area contributed by atoms with Gasteiger partial charge in [0.2, 0.25) is 0 Å². The van der Waals surface area contributed by atoms with Gasteiger partial charge in [-0.1, -0.05) is 13.8 Å². The standard InChI is InChI=1S/C15H25NO2/c1-11(2)5-6-12(3)16-10-13-9-14(18-4)7-8-15(13)17/h7-9,11-12,16-17H,5-6,10H2,1-4H3. The van der Waals surface area contributed by atoms with Crippen molar-refractivity contribution in [3.05, 3.63) is 23.8 Å². The maximum atomic E-state index is 9.77. The molecule has 3 nitrogen and oxygen atoms in total. The zero-order chi connectivity index (χ0) is 13.5. The SMILES string of the molecule is COc1ccc(O)c(CNC(C)CCC(C)C)c1. The molecule has 2 N–H and O–H groups in total. The number of methoxy groups -OCH3 is 1. The Morgan fingerprint density at radius 3 is 2.56 bits per heavy atom. The molecule has 1 aromatic rings. The number of hydrogen-bond acceptors (Lipinski definition) is 3. The Morgan fingerprint density at radius 2 is 1.94 bits per heavy atom. The molecule has 0 aliphatic carbocycles. The van der Waals surface area contributed by atoms with Crippen LogP contribution in [0.1, 0.15) is 39.2 Å². The van der Waals surface area contributed by atoms with E-state index >= 15 is 0 Å². The van der Waals surface area contributed by atoms with Crippen molar-refractivity contribution in [2.75, 3.05) is 7.11 Å². The van der Waals surface area contributed by atoms with Crippen LogP contribution in [0.25, 0.3) is 0 Å². The van der Waals surface area contributed by atoms with Gasteiger partial charge >= 0.3 is 0 Å². The van der Waals surface area contributed by atoms with Crippen LogP contribution in [0.5, 0.6) is 11.5 Å². The number of rotatable bonds is 7. The van der Waals surface area contributed by atoms with E-state index < -0.39 is 0 Å². The lowest BCUT2D eigenvalue weighted by molar-refractivity contribution is 0.407. The van der Waals surface area contributed by atoms with E-state index in [0.29, 0.717) is 18.3 Å². The molecule has 0 fully saturated rings. The molecule has 102 valence electrons. The molecular formula is C15H25NO2. The van der Waals surface area contributed by atoms with Gasteiger partial charge in [-0.05, 0) is 43.9 Å². The van der Waals surface area contributed by atoms with Crippen molar-refractivity contribution in [2.24, 2.45) is 5.92 Å². The van der Waals surface area contributed by atoms with E-state index in [4.69, 9.17) is 4.74 Å². The topological polar surface area (TPSA) is 41.5 Å². The molecule has 3 heteroatoms. The van der Waals surface area contributed by atoms with Crippen LogP contribution in [0, 0.1) is 5.92 Å². The summed E-state index contributed by atoms with van der Waals surface area (Å²) in [6.07, 6.45) is 2.38. The van der Waals surface area contributed by atoms with Crippen molar-refractivity contribution in [3.63, 3.8) is 0 Å². The number of ether oxygens (including phenoxy) is 1. The normalized spacial score (nSPS) is 12.7. The molecule has 0 aliphatic rings. The van der Waals surface area contributed by atoms with Gasteiger partial charge in [0, 0.05) is 18.2 Å². The second kappa shape index (κ2) is 7.27. The third-order valence-corrected chi connectivity index (χ3v) is 3.10. The van der Waals surface area contributed by atoms with Crippen molar-refractivity contribution in [3.8, 4) is 11.5 Å². The molecule has 0 heterocycles. The number of aromatic hydroxyl groups is 1. The Morgan fingerprint density at radius 1 is 1.22 bits per heavy atom. The second-order valence-electron chi connectivity index (χ2n) is 5.25. The Kier molecular flexibility index (Phi) is 5.99. The van der Waals surface area contributed by atoms with Gasteiger partial charge in [-0.15, -0.1) is 0 Å². The van der Waals surface area contributed by atoms with Gasteiger partial charge < -0.3 is 15.2 Å². The molecule has 1 rings (SSSR count). The van der Waals surface area contributed by atoms with E-state index in [9.17, 15) is 5.11 Å². The summed E-state index contributed by atoms with van der Waals surface area (Å²) in [5.74, 6) is 1.83. The van der Waals surface area contributed by atoms with Crippen molar-refractivity contribution in [1.82, 2.24) is 5.32 Å². The van der Waals surface area contributed by atoms with Crippen LogP contribution in [0.4, 0.5) is 0 Å². The number of phenolic OH excluding ortho intramolecular Hbond substituents is 1. The summed E-state index contributed by atoms with van der Waals surface area (Å²) in [5, 5.41) is 13.2. The predicted octanol–water partition coefficient (Wildman–Crippen LogP) is 3.32. The van der Waals surface area contributed by atoms with Crippen molar-refractivity contribution in [2.45, 2.75) is 46.2 Å². The number of benzene rings is 1. The number of nitrogens with one attached hydrogen (secondary N) is 1. The minimum absolute atomic E-state index is 0.319. The molecule has 0 radical (unpaired) electrons. The average Bonchev–Trinajstić information content (AvgIpc) is 2.35. The molecule has 1 aromatic carbocycles. The first-order chi connectivity index (χ1) is 8.52. The highest BCUT2D eigenvalue weighted by Crippen LogP contribution is 2.22. The maximum Gasteiger partial charge on any atom is 0.120 e. The average molecular weight is 251 g/mol. The molecule has 0 spiro atoms. The lowest BCUT2D eigenvalue weighted by Crippen LogP contribution is -2.25. The van der Waals surface area contributed by atoms with E-state index in [-0.39, 0.29) is 0 Å². The number of phenols is 1. The van der Waals surface area contributed by atoms with Crippen molar-refractivity contribution in [1.29, 1.82) is 0 Å². The van der Waals surface area contributed by atoms with Gasteiger partial charge in [-0.3, -0.25) is 0 Å². The van der Waals surface area contributed by atoms with Crippen LogP contribution in [0.3, 0.4) is 0 Å². The summed E-state index contributed by atoms with van der Waals surface area (Å²) in [4.78, 5) is 0. The van der Waals surface area contributed by atoms with Gasteiger partial charge in [0.25, 0.3) is 0 Å². The Bertz CT molecular complexity index is 364. The molecule has 0 amide bonds. The van der Waals surface area contributed by atoms with Gasteiger partial charge in [0.15, 0.2) is 0 Å². The van der Waals surface area contributed by atoms with E-state index in [1.165, 1.54) is 6.42 Å². The summed E-state index contributed by atoms with van der Waals surface area (Å²) in [6, 6.07) is 5.77. The zero-order valence-electron chi connectivity index (χ0n) is 11.9. The summed E-state index contributed by atoms with van der Waals surface area (Å²) >= 11 is 0. The number of hydrogen-bond donors (Lipinski definition) is 2. The minimum Gasteiger partial charge on any atom is -0.508 e. The fourth-order valence-corrected chi connectivity index (χ4v) is 1.80. The largest absolute Gasteiger partial charge is 0.508 e. The quantitative estimate of drug-likeness (QED) is 0.781. The van der Waals surface area contributed by atoms with Crippen molar-refractivity contribution < 1.29 is 9.84 Å². The van der Waals surface area contributed by atoms with Gasteiger partial charge in [0.1, 0.15) is 11.5 Å². The Hall–Kier alpha value is -1.22. The first kappa shape index (κ1) is 14.8. The molecule has 1 atom stereocenters. The van der Waals surface area contributed by atoms with Crippen LogP contribution in [0.15, 0.2) is 18.2 Å². The third-order valence-electron chi connectivity index (χ3n) is 3.10. The molecular weight excluding hydrogens is 226 g/mol. The highest BCUT2D eigenvalue weighted by Gasteiger charge is 2.07. The van der Waals surface area contributed by atoms with Crippen LogP contribution in [-0.2, 0) is 6.54 Å². The van der Waals surface area contributed by atoms with E-state index in [1.807, 2.05) is 6.07 Å². The van der Waals surface area contributed by atoms with Gasteiger partial charge in [0.05, 0.1) is 7.11 Å². The maximum absolute atomic E-state index is 9.77. The van der Waals surface area contributed by atoms with Crippen LogP contribution in [0.2, 0.25) is 0 Å². The second-order valence-corrected chi connectivity index (χ2v) is 5.25. The molecule has 1 unspecified atom stereocenters. The first-order valence-corrected chi connectivity index (χ1v) is 6.62. The molecule has 0 saturated heterocycles.